The van der Waals surface area contributed by atoms with E-state index in [2.05, 4.69) is 30.8 Å². The number of fused-ring (bicyclic) bond motifs is 1. The quantitative estimate of drug-likeness (QED) is 0.375. The van der Waals surface area contributed by atoms with Crippen molar-refractivity contribution in [1.82, 2.24) is 29.6 Å². The largest absolute Gasteiger partial charge is 0.456 e. The fourth-order valence-corrected chi connectivity index (χ4v) is 4.09. The maximum Gasteiger partial charge on any atom is 0.257 e. The van der Waals surface area contributed by atoms with E-state index in [9.17, 15) is 9.59 Å². The Morgan fingerprint density at radius 1 is 1.17 bits per heavy atom. The number of aryl methyl sites for hydroxylation is 1. The molecule has 0 radical (unpaired) electrons. The Hall–Kier alpha value is -4.41. The van der Waals surface area contributed by atoms with Crippen molar-refractivity contribution in [2.24, 2.45) is 7.05 Å². The number of aromatic nitrogens is 5. The van der Waals surface area contributed by atoms with Gasteiger partial charge in [-0.3, -0.25) is 20.0 Å². The van der Waals surface area contributed by atoms with Crippen molar-refractivity contribution in [1.29, 1.82) is 0 Å². The fraction of sp³-hybridized carbons (Fsp3) is 0.292. The van der Waals surface area contributed by atoms with Crippen LogP contribution in [0.25, 0.3) is 11.0 Å². The second-order valence-corrected chi connectivity index (χ2v) is 8.37. The average molecular weight is 475 g/mol. The Labute approximate surface area is 201 Å². The first-order valence-electron chi connectivity index (χ1n) is 11.5. The molecular formula is C24H26N8O3. The molecule has 1 aliphatic rings. The summed E-state index contributed by atoms with van der Waals surface area (Å²) in [6, 6.07) is 8.72. The molecule has 0 saturated carbocycles. The van der Waals surface area contributed by atoms with Crippen molar-refractivity contribution in [2.45, 2.75) is 25.8 Å². The number of nitrogens with zero attached hydrogens (tertiary/aromatic N) is 5. The molecule has 0 spiro atoms. The minimum atomic E-state index is -0.259. The van der Waals surface area contributed by atoms with Gasteiger partial charge in [-0.15, -0.1) is 0 Å². The third-order valence-electron chi connectivity index (χ3n) is 6.00. The van der Waals surface area contributed by atoms with Gasteiger partial charge in [-0.2, -0.15) is 5.10 Å². The Morgan fingerprint density at radius 2 is 2.00 bits per heavy atom. The molecule has 3 aromatic heterocycles. The zero-order chi connectivity index (χ0) is 24.4. The monoisotopic (exact) mass is 474 g/mol. The van der Waals surface area contributed by atoms with Crippen molar-refractivity contribution in [2.75, 3.05) is 23.7 Å². The van der Waals surface area contributed by atoms with Crippen molar-refractivity contribution >= 4 is 34.6 Å². The number of carbonyl (C=O) groups excluding carboxylic acids is 2. The SMILES string of the molecule is CCC(=O)N1CCC(Nc2n[nH]c3nccc(Oc4ccc(C(=O)Nc5nccn5C)cc4)c23)C1. The molecule has 0 bridgehead atoms. The van der Waals surface area contributed by atoms with Gasteiger partial charge in [0, 0.05) is 62.8 Å². The summed E-state index contributed by atoms with van der Waals surface area (Å²) in [4.78, 5) is 34.8. The van der Waals surface area contributed by atoms with Gasteiger partial charge in [0.1, 0.15) is 16.9 Å². The Kier molecular flexibility index (Phi) is 6.04. The second kappa shape index (κ2) is 9.45. The van der Waals surface area contributed by atoms with Crippen molar-refractivity contribution < 1.29 is 14.3 Å². The Balaban J connectivity index is 1.30. The molecule has 180 valence electrons. The van der Waals surface area contributed by atoms with Crippen LogP contribution in [0.15, 0.2) is 48.9 Å². The number of imidazole rings is 1. The number of hydrogen-bond acceptors (Lipinski definition) is 7. The van der Waals surface area contributed by atoms with Crippen LogP contribution in [0.5, 0.6) is 11.5 Å². The number of rotatable bonds is 7. The van der Waals surface area contributed by atoms with Gasteiger partial charge in [0.05, 0.1) is 0 Å². The first-order chi connectivity index (χ1) is 17.0. The Morgan fingerprint density at radius 3 is 2.74 bits per heavy atom. The van der Waals surface area contributed by atoms with E-state index in [0.29, 0.717) is 47.4 Å². The molecule has 3 N–H and O–H groups in total. The van der Waals surface area contributed by atoms with Gasteiger partial charge >= 0.3 is 0 Å². The van der Waals surface area contributed by atoms with E-state index in [0.717, 1.165) is 18.4 Å². The smallest absolute Gasteiger partial charge is 0.257 e. The summed E-state index contributed by atoms with van der Waals surface area (Å²) < 4.78 is 7.87. The van der Waals surface area contributed by atoms with E-state index in [1.807, 2.05) is 11.8 Å². The lowest BCUT2D eigenvalue weighted by molar-refractivity contribution is -0.129. The third-order valence-corrected chi connectivity index (χ3v) is 6.00. The first kappa shape index (κ1) is 22.4. The molecule has 4 heterocycles. The van der Waals surface area contributed by atoms with E-state index < -0.39 is 0 Å². The van der Waals surface area contributed by atoms with Crippen LogP contribution in [0.1, 0.15) is 30.1 Å². The molecule has 5 rings (SSSR count). The van der Waals surface area contributed by atoms with E-state index in [4.69, 9.17) is 4.74 Å². The molecule has 1 fully saturated rings. The average Bonchev–Trinajstić information content (AvgIpc) is 3.61. The van der Waals surface area contributed by atoms with Crippen LogP contribution in [0.4, 0.5) is 11.8 Å². The van der Waals surface area contributed by atoms with Gasteiger partial charge in [-0.25, -0.2) is 9.97 Å². The number of ether oxygens (including phenoxy) is 1. The van der Waals surface area contributed by atoms with E-state index in [1.54, 1.807) is 60.5 Å². The number of carbonyl (C=O) groups is 2. The van der Waals surface area contributed by atoms with Gasteiger partial charge in [-0.1, -0.05) is 6.92 Å². The number of likely N-dealkylation sites (tertiary alicyclic amines) is 1. The van der Waals surface area contributed by atoms with E-state index in [1.165, 1.54) is 0 Å². The molecule has 0 aliphatic carbocycles. The summed E-state index contributed by atoms with van der Waals surface area (Å²) in [5.74, 6) is 2.15. The number of pyridine rings is 1. The highest BCUT2D eigenvalue weighted by atomic mass is 16.5. The summed E-state index contributed by atoms with van der Waals surface area (Å²) in [6.45, 7) is 3.24. The van der Waals surface area contributed by atoms with Crippen LogP contribution in [0.3, 0.4) is 0 Å². The van der Waals surface area contributed by atoms with Gasteiger partial charge in [0.15, 0.2) is 11.5 Å². The third kappa shape index (κ3) is 4.65. The van der Waals surface area contributed by atoms with Gasteiger partial charge in [0.2, 0.25) is 11.9 Å². The summed E-state index contributed by atoms with van der Waals surface area (Å²) in [7, 11) is 1.81. The minimum absolute atomic E-state index is 0.0987. The standard InChI is InChI=1S/C24H26N8O3/c1-3-19(33)32-12-9-16(14-32)27-22-20-18(8-10-25-21(20)29-30-22)35-17-6-4-15(5-7-17)23(34)28-24-26-11-13-31(24)2/h4-8,10-11,13,16H,3,9,12,14H2,1-2H3,(H,26,28,34)(H2,25,27,29,30). The number of hydrogen-bond donors (Lipinski definition) is 3. The maximum atomic E-state index is 12.5. The highest BCUT2D eigenvalue weighted by Gasteiger charge is 2.26. The number of amides is 2. The first-order valence-corrected chi connectivity index (χ1v) is 11.5. The molecule has 1 unspecified atom stereocenters. The Bertz CT molecular complexity index is 1360. The van der Waals surface area contributed by atoms with Crippen LogP contribution in [-0.2, 0) is 11.8 Å². The second-order valence-electron chi connectivity index (χ2n) is 8.37. The van der Waals surface area contributed by atoms with Gasteiger partial charge in [0.25, 0.3) is 5.91 Å². The number of aromatic amines is 1. The van der Waals surface area contributed by atoms with Crippen LogP contribution in [0.2, 0.25) is 0 Å². The van der Waals surface area contributed by atoms with Crippen molar-refractivity contribution in [3.63, 3.8) is 0 Å². The number of anilines is 2. The van der Waals surface area contributed by atoms with Crippen molar-refractivity contribution in [3.05, 3.63) is 54.5 Å². The number of H-pyrrole nitrogens is 1. The topological polar surface area (TPSA) is 130 Å². The maximum absolute atomic E-state index is 12.5. The molecule has 2 amide bonds. The van der Waals surface area contributed by atoms with E-state index in [-0.39, 0.29) is 17.9 Å². The van der Waals surface area contributed by atoms with E-state index >= 15 is 0 Å². The van der Waals surface area contributed by atoms with Crippen molar-refractivity contribution in [3.8, 4) is 11.5 Å². The lowest BCUT2D eigenvalue weighted by Gasteiger charge is -2.16. The number of nitrogens with one attached hydrogen (secondary N) is 3. The van der Waals surface area contributed by atoms with Crippen LogP contribution < -0.4 is 15.4 Å². The molecule has 1 aromatic carbocycles. The number of benzene rings is 1. The molecular weight excluding hydrogens is 448 g/mol. The zero-order valence-electron chi connectivity index (χ0n) is 19.5. The lowest BCUT2D eigenvalue weighted by atomic mass is 10.2. The van der Waals surface area contributed by atoms with Crippen LogP contribution in [0, 0.1) is 0 Å². The summed E-state index contributed by atoms with van der Waals surface area (Å²) in [5, 5.41) is 14.3. The lowest BCUT2D eigenvalue weighted by Crippen LogP contribution is -2.31. The predicted molar refractivity (Wildman–Crippen MR) is 130 cm³/mol. The minimum Gasteiger partial charge on any atom is -0.456 e. The summed E-state index contributed by atoms with van der Waals surface area (Å²) >= 11 is 0. The van der Waals surface area contributed by atoms with Crippen LogP contribution >= 0.6 is 0 Å². The van der Waals surface area contributed by atoms with Gasteiger partial charge < -0.3 is 19.5 Å². The summed E-state index contributed by atoms with van der Waals surface area (Å²) in [6.07, 6.45) is 6.37. The van der Waals surface area contributed by atoms with Crippen LogP contribution in [-0.4, -0.2) is 60.6 Å². The highest BCUT2D eigenvalue weighted by molar-refractivity contribution is 6.03. The molecule has 1 saturated heterocycles. The molecule has 11 heteroatoms. The molecule has 1 aliphatic heterocycles. The molecule has 11 nitrogen and oxygen atoms in total. The molecule has 1 atom stereocenters. The van der Waals surface area contributed by atoms with Gasteiger partial charge in [-0.05, 0) is 30.7 Å². The summed E-state index contributed by atoms with van der Waals surface area (Å²) in [5.41, 5.74) is 1.08. The normalized spacial score (nSPS) is 15.4. The molecule has 35 heavy (non-hydrogen) atoms. The predicted octanol–water partition coefficient (Wildman–Crippen LogP) is 3.16. The molecule has 4 aromatic rings. The zero-order valence-corrected chi connectivity index (χ0v) is 19.5. The highest BCUT2D eigenvalue weighted by Crippen LogP contribution is 2.33. The fourth-order valence-electron chi connectivity index (χ4n) is 4.09.